The third kappa shape index (κ3) is 5.18. The summed E-state index contributed by atoms with van der Waals surface area (Å²) in [6, 6.07) is 14.6. The van der Waals surface area contributed by atoms with Crippen LogP contribution in [0.5, 0.6) is 11.5 Å². The fourth-order valence-corrected chi connectivity index (χ4v) is 2.25. The van der Waals surface area contributed by atoms with E-state index < -0.39 is 6.10 Å². The molecular formula is C18H20ClNO3. The van der Waals surface area contributed by atoms with Crippen LogP contribution in [0, 0.1) is 0 Å². The van der Waals surface area contributed by atoms with E-state index in [2.05, 4.69) is 5.32 Å². The number of benzene rings is 2. The van der Waals surface area contributed by atoms with Gasteiger partial charge in [0.25, 0.3) is 5.91 Å². The lowest BCUT2D eigenvalue weighted by Gasteiger charge is -2.16. The van der Waals surface area contributed by atoms with E-state index in [-0.39, 0.29) is 5.91 Å². The monoisotopic (exact) mass is 333 g/mol. The summed E-state index contributed by atoms with van der Waals surface area (Å²) in [5.74, 6) is 1.14. The number of carbonyl (C=O) groups excluding carboxylic acids is 1. The molecular weight excluding hydrogens is 314 g/mol. The molecule has 2 aromatic rings. The van der Waals surface area contributed by atoms with Crippen LogP contribution in [0.2, 0.25) is 5.02 Å². The van der Waals surface area contributed by atoms with Gasteiger partial charge in [-0.1, -0.05) is 35.9 Å². The SMILES string of the molecule is CCOc1ccccc1CNC(=O)[C@H](C)Oc1cccc(Cl)c1. The Morgan fingerprint density at radius 1 is 1.22 bits per heavy atom. The topological polar surface area (TPSA) is 47.6 Å². The van der Waals surface area contributed by atoms with Gasteiger partial charge in [-0.15, -0.1) is 0 Å². The second-order valence-corrected chi connectivity index (χ2v) is 5.41. The molecule has 0 aliphatic rings. The molecule has 1 N–H and O–H groups in total. The molecule has 1 amide bonds. The van der Waals surface area contributed by atoms with Gasteiger partial charge in [-0.2, -0.15) is 0 Å². The van der Waals surface area contributed by atoms with E-state index in [0.717, 1.165) is 11.3 Å². The van der Waals surface area contributed by atoms with Gasteiger partial charge in [0.1, 0.15) is 11.5 Å². The molecule has 0 unspecified atom stereocenters. The molecule has 0 saturated heterocycles. The second-order valence-electron chi connectivity index (χ2n) is 4.98. The minimum Gasteiger partial charge on any atom is -0.494 e. The maximum atomic E-state index is 12.2. The molecule has 0 heterocycles. The van der Waals surface area contributed by atoms with E-state index in [0.29, 0.717) is 23.9 Å². The third-order valence-corrected chi connectivity index (χ3v) is 3.44. The number of hydrogen-bond acceptors (Lipinski definition) is 3. The molecule has 0 bridgehead atoms. The van der Waals surface area contributed by atoms with Gasteiger partial charge >= 0.3 is 0 Å². The maximum Gasteiger partial charge on any atom is 0.261 e. The highest BCUT2D eigenvalue weighted by molar-refractivity contribution is 6.30. The standard InChI is InChI=1S/C18H20ClNO3/c1-3-22-17-10-5-4-7-14(17)12-20-18(21)13(2)23-16-9-6-8-15(19)11-16/h4-11,13H,3,12H2,1-2H3,(H,20,21)/t13-/m0/s1. The van der Waals surface area contributed by atoms with Crippen LogP contribution in [-0.4, -0.2) is 18.6 Å². The van der Waals surface area contributed by atoms with Gasteiger partial charge in [-0.05, 0) is 38.1 Å². The van der Waals surface area contributed by atoms with Gasteiger partial charge in [-0.3, -0.25) is 4.79 Å². The van der Waals surface area contributed by atoms with Crippen molar-refractivity contribution >= 4 is 17.5 Å². The van der Waals surface area contributed by atoms with Crippen molar-refractivity contribution in [1.82, 2.24) is 5.32 Å². The Bertz CT molecular complexity index is 660. The molecule has 122 valence electrons. The van der Waals surface area contributed by atoms with Gasteiger partial charge in [0.15, 0.2) is 6.10 Å². The Kier molecular flexibility index (Phi) is 6.29. The van der Waals surface area contributed by atoms with Gasteiger partial charge in [0.05, 0.1) is 6.61 Å². The number of para-hydroxylation sites is 1. The van der Waals surface area contributed by atoms with Crippen molar-refractivity contribution in [3.63, 3.8) is 0 Å². The third-order valence-electron chi connectivity index (χ3n) is 3.20. The average Bonchev–Trinajstić information content (AvgIpc) is 2.54. The van der Waals surface area contributed by atoms with Crippen molar-refractivity contribution in [2.24, 2.45) is 0 Å². The van der Waals surface area contributed by atoms with Crippen LogP contribution in [0.4, 0.5) is 0 Å². The summed E-state index contributed by atoms with van der Waals surface area (Å²) in [4.78, 5) is 12.2. The van der Waals surface area contributed by atoms with E-state index in [4.69, 9.17) is 21.1 Å². The first kappa shape index (κ1) is 17.2. The normalized spacial score (nSPS) is 11.6. The van der Waals surface area contributed by atoms with Crippen molar-refractivity contribution in [3.05, 3.63) is 59.1 Å². The maximum absolute atomic E-state index is 12.2. The van der Waals surface area contributed by atoms with Gasteiger partial charge in [0, 0.05) is 17.1 Å². The largest absolute Gasteiger partial charge is 0.494 e. The Morgan fingerprint density at radius 2 is 2.00 bits per heavy atom. The summed E-state index contributed by atoms with van der Waals surface area (Å²) < 4.78 is 11.1. The highest BCUT2D eigenvalue weighted by Crippen LogP contribution is 2.19. The first-order valence-corrected chi connectivity index (χ1v) is 7.88. The first-order valence-electron chi connectivity index (χ1n) is 7.50. The predicted octanol–water partition coefficient (Wildman–Crippen LogP) is 3.82. The molecule has 0 saturated carbocycles. The molecule has 5 heteroatoms. The zero-order valence-corrected chi connectivity index (χ0v) is 14.0. The zero-order chi connectivity index (χ0) is 16.7. The quantitative estimate of drug-likeness (QED) is 0.837. The molecule has 2 rings (SSSR count). The Morgan fingerprint density at radius 3 is 2.74 bits per heavy atom. The van der Waals surface area contributed by atoms with Crippen LogP contribution >= 0.6 is 11.6 Å². The summed E-state index contributed by atoms with van der Waals surface area (Å²) in [7, 11) is 0. The van der Waals surface area contributed by atoms with Crippen molar-refractivity contribution in [3.8, 4) is 11.5 Å². The Hall–Kier alpha value is -2.20. The van der Waals surface area contributed by atoms with Crippen LogP contribution < -0.4 is 14.8 Å². The zero-order valence-electron chi connectivity index (χ0n) is 13.2. The van der Waals surface area contributed by atoms with Gasteiger partial charge in [0.2, 0.25) is 0 Å². The van der Waals surface area contributed by atoms with E-state index >= 15 is 0 Å². The molecule has 0 spiro atoms. The van der Waals surface area contributed by atoms with Crippen LogP contribution in [-0.2, 0) is 11.3 Å². The molecule has 1 atom stereocenters. The number of amides is 1. The number of halogens is 1. The molecule has 0 aromatic heterocycles. The Labute approximate surface area is 141 Å². The fraction of sp³-hybridized carbons (Fsp3) is 0.278. The molecule has 0 radical (unpaired) electrons. The van der Waals surface area contributed by atoms with E-state index in [1.807, 2.05) is 31.2 Å². The van der Waals surface area contributed by atoms with E-state index in [1.54, 1.807) is 31.2 Å². The highest BCUT2D eigenvalue weighted by Gasteiger charge is 2.15. The van der Waals surface area contributed by atoms with Crippen molar-refractivity contribution in [2.75, 3.05) is 6.61 Å². The van der Waals surface area contributed by atoms with Crippen LogP contribution in [0.3, 0.4) is 0 Å². The number of ether oxygens (including phenoxy) is 2. The minimum absolute atomic E-state index is 0.198. The second kappa shape index (κ2) is 8.44. The lowest BCUT2D eigenvalue weighted by molar-refractivity contribution is -0.127. The molecule has 2 aromatic carbocycles. The van der Waals surface area contributed by atoms with Crippen LogP contribution in [0.15, 0.2) is 48.5 Å². The lowest BCUT2D eigenvalue weighted by Crippen LogP contribution is -2.36. The molecule has 23 heavy (non-hydrogen) atoms. The lowest BCUT2D eigenvalue weighted by atomic mass is 10.2. The first-order chi connectivity index (χ1) is 11.1. The number of rotatable bonds is 7. The smallest absolute Gasteiger partial charge is 0.261 e. The van der Waals surface area contributed by atoms with Crippen molar-refractivity contribution in [2.45, 2.75) is 26.5 Å². The predicted molar refractivity (Wildman–Crippen MR) is 91.0 cm³/mol. The molecule has 0 aliphatic heterocycles. The summed E-state index contributed by atoms with van der Waals surface area (Å²) in [5, 5.41) is 3.43. The number of nitrogens with one attached hydrogen (secondary N) is 1. The van der Waals surface area contributed by atoms with Crippen LogP contribution in [0.25, 0.3) is 0 Å². The summed E-state index contributed by atoms with van der Waals surface area (Å²) in [6.07, 6.45) is -0.618. The van der Waals surface area contributed by atoms with E-state index in [9.17, 15) is 4.79 Å². The van der Waals surface area contributed by atoms with Crippen molar-refractivity contribution < 1.29 is 14.3 Å². The minimum atomic E-state index is -0.618. The van der Waals surface area contributed by atoms with E-state index in [1.165, 1.54) is 0 Å². The fourth-order valence-electron chi connectivity index (χ4n) is 2.07. The average molecular weight is 334 g/mol. The molecule has 4 nitrogen and oxygen atoms in total. The number of hydrogen-bond donors (Lipinski definition) is 1. The Balaban J connectivity index is 1.91. The van der Waals surface area contributed by atoms with Gasteiger partial charge < -0.3 is 14.8 Å². The molecule has 0 aliphatic carbocycles. The summed E-state index contributed by atoms with van der Waals surface area (Å²) >= 11 is 5.90. The molecule has 0 fully saturated rings. The van der Waals surface area contributed by atoms with Gasteiger partial charge in [-0.25, -0.2) is 0 Å². The van der Waals surface area contributed by atoms with Crippen molar-refractivity contribution in [1.29, 1.82) is 0 Å². The summed E-state index contributed by atoms with van der Waals surface area (Å²) in [6.45, 7) is 4.60. The highest BCUT2D eigenvalue weighted by atomic mass is 35.5. The number of carbonyl (C=O) groups is 1. The summed E-state index contributed by atoms with van der Waals surface area (Å²) in [5.41, 5.74) is 0.928. The van der Waals surface area contributed by atoms with Crippen LogP contribution in [0.1, 0.15) is 19.4 Å².